The Morgan fingerprint density at radius 2 is 2.19 bits per heavy atom. The van der Waals surface area contributed by atoms with Crippen molar-refractivity contribution in [3.05, 3.63) is 41.9 Å². The predicted octanol–water partition coefficient (Wildman–Crippen LogP) is 2.29. The first-order chi connectivity index (χ1) is 7.56. The Morgan fingerprint density at radius 3 is 2.94 bits per heavy atom. The highest BCUT2D eigenvalue weighted by Gasteiger charge is 2.15. The molecule has 1 aliphatic rings. The van der Waals surface area contributed by atoms with Crippen LogP contribution in [0.5, 0.6) is 0 Å². The van der Waals surface area contributed by atoms with E-state index in [1.165, 1.54) is 5.56 Å². The molecule has 84 valence electrons. The van der Waals surface area contributed by atoms with Gasteiger partial charge in [-0.25, -0.2) is 0 Å². The summed E-state index contributed by atoms with van der Waals surface area (Å²) in [5.41, 5.74) is 2.07. The molecule has 0 bridgehead atoms. The molecule has 0 atom stereocenters. The summed E-state index contributed by atoms with van der Waals surface area (Å²) in [5.74, 6) is 0.858. The molecule has 1 aromatic heterocycles. The third-order valence-corrected chi connectivity index (χ3v) is 2.24. The van der Waals surface area contributed by atoms with Gasteiger partial charge in [-0.1, -0.05) is 12.1 Å². The normalized spacial score (nSPS) is 17.8. The predicted molar refractivity (Wildman–Crippen MR) is 66.5 cm³/mol. The highest BCUT2D eigenvalue weighted by atomic mass is 15.0. The van der Waals surface area contributed by atoms with Crippen LogP contribution in [0.4, 0.5) is 0 Å². The molecule has 0 radical (unpaired) electrons. The summed E-state index contributed by atoms with van der Waals surface area (Å²) in [6.07, 6.45) is 6.74. The standard InChI is InChI=1S/C13H17N3/c1-13(2,3)16-12-11-10(6-4-8-14-11)7-5-9-15-12/h4-6,8-9H,7H2,1-3H3,(H,15,16). The average Bonchev–Trinajstić information content (AvgIpc) is 2.39. The van der Waals surface area contributed by atoms with E-state index in [1.807, 2.05) is 18.5 Å². The van der Waals surface area contributed by atoms with Crippen LogP contribution in [0.3, 0.4) is 0 Å². The summed E-state index contributed by atoms with van der Waals surface area (Å²) < 4.78 is 0. The second kappa shape index (κ2) is 4.08. The lowest BCUT2D eigenvalue weighted by atomic mass is 10.1. The van der Waals surface area contributed by atoms with Crippen molar-refractivity contribution in [2.75, 3.05) is 0 Å². The Hall–Kier alpha value is -1.64. The van der Waals surface area contributed by atoms with E-state index in [0.29, 0.717) is 0 Å². The van der Waals surface area contributed by atoms with Gasteiger partial charge in [0, 0.05) is 6.20 Å². The lowest BCUT2D eigenvalue weighted by molar-refractivity contribution is 0.581. The first-order valence-corrected chi connectivity index (χ1v) is 5.52. The summed E-state index contributed by atoms with van der Waals surface area (Å²) in [4.78, 5) is 9.07. The summed E-state index contributed by atoms with van der Waals surface area (Å²) in [6, 6.07) is 4.06. The van der Waals surface area contributed by atoms with Gasteiger partial charge in [0.25, 0.3) is 0 Å². The third-order valence-electron chi connectivity index (χ3n) is 2.24. The van der Waals surface area contributed by atoms with Crippen LogP contribution in [0.25, 0.3) is 0 Å². The summed E-state index contributed by atoms with van der Waals surface area (Å²) >= 11 is 0. The summed E-state index contributed by atoms with van der Waals surface area (Å²) in [6.45, 7) is 6.25. The van der Waals surface area contributed by atoms with Gasteiger partial charge in [-0.15, -0.1) is 0 Å². The van der Waals surface area contributed by atoms with Gasteiger partial charge in [0.15, 0.2) is 5.84 Å². The highest BCUT2D eigenvalue weighted by molar-refractivity contribution is 5.99. The van der Waals surface area contributed by atoms with E-state index in [1.54, 1.807) is 0 Å². The number of amidine groups is 1. The fraction of sp³-hybridized carbons (Fsp3) is 0.385. The van der Waals surface area contributed by atoms with Gasteiger partial charge in [-0.05, 0) is 45.0 Å². The van der Waals surface area contributed by atoms with Crippen LogP contribution >= 0.6 is 0 Å². The van der Waals surface area contributed by atoms with Crippen molar-refractivity contribution in [3.8, 4) is 0 Å². The number of fused-ring (bicyclic) bond motifs is 1. The zero-order chi connectivity index (χ0) is 11.6. The fourth-order valence-corrected chi connectivity index (χ4v) is 1.63. The Bertz CT molecular complexity index is 439. The molecule has 16 heavy (non-hydrogen) atoms. The molecule has 0 spiro atoms. The molecule has 0 aliphatic carbocycles. The summed E-state index contributed by atoms with van der Waals surface area (Å²) in [5, 5.41) is 3.20. The lowest BCUT2D eigenvalue weighted by Crippen LogP contribution is -2.25. The molecular formula is C13H17N3. The molecule has 1 aliphatic heterocycles. The molecule has 1 aromatic rings. The third kappa shape index (κ3) is 2.48. The fourth-order valence-electron chi connectivity index (χ4n) is 1.63. The molecule has 0 fully saturated rings. The van der Waals surface area contributed by atoms with Crippen molar-refractivity contribution < 1.29 is 0 Å². The maximum Gasteiger partial charge on any atom is 0.152 e. The Morgan fingerprint density at radius 1 is 1.38 bits per heavy atom. The molecule has 0 amide bonds. The molecule has 2 rings (SSSR count). The first-order valence-electron chi connectivity index (χ1n) is 5.52. The van der Waals surface area contributed by atoms with Crippen LogP contribution in [0.1, 0.15) is 32.0 Å². The number of aliphatic imine (C=N–C) groups is 1. The largest absolute Gasteiger partial charge is 0.345 e. The average molecular weight is 215 g/mol. The topological polar surface area (TPSA) is 37.3 Å². The molecule has 0 aromatic carbocycles. The lowest BCUT2D eigenvalue weighted by Gasteiger charge is -2.16. The molecule has 0 saturated carbocycles. The molecule has 2 heterocycles. The smallest absolute Gasteiger partial charge is 0.152 e. The maximum absolute atomic E-state index is 4.66. The minimum atomic E-state index is -0.102. The number of rotatable bonds is 0. The number of pyridine rings is 1. The molecule has 1 N–H and O–H groups in total. The zero-order valence-corrected chi connectivity index (χ0v) is 9.99. The number of hydrogen-bond donors (Lipinski definition) is 1. The molecule has 3 heteroatoms. The van der Waals surface area contributed by atoms with Crippen molar-refractivity contribution in [1.82, 2.24) is 10.3 Å². The van der Waals surface area contributed by atoms with Crippen LogP contribution in [0, 0.1) is 0 Å². The van der Waals surface area contributed by atoms with E-state index in [4.69, 9.17) is 0 Å². The number of aromatic nitrogens is 1. The van der Waals surface area contributed by atoms with E-state index in [2.05, 4.69) is 48.2 Å². The van der Waals surface area contributed by atoms with E-state index < -0.39 is 0 Å². The van der Waals surface area contributed by atoms with E-state index in [-0.39, 0.29) is 5.54 Å². The Balaban J connectivity index is 2.48. The number of nitrogens with zero attached hydrogens (tertiary/aromatic N) is 2. The van der Waals surface area contributed by atoms with E-state index in [9.17, 15) is 0 Å². The van der Waals surface area contributed by atoms with Crippen molar-refractivity contribution in [3.63, 3.8) is 0 Å². The van der Waals surface area contributed by atoms with Gasteiger partial charge in [-0.2, -0.15) is 0 Å². The Labute approximate surface area is 96.3 Å². The zero-order valence-electron chi connectivity index (χ0n) is 9.99. The van der Waals surface area contributed by atoms with Crippen LogP contribution in [-0.2, 0) is 6.42 Å². The van der Waals surface area contributed by atoms with Gasteiger partial charge in [0.2, 0.25) is 0 Å². The van der Waals surface area contributed by atoms with Crippen LogP contribution < -0.4 is 5.32 Å². The van der Waals surface area contributed by atoms with Crippen LogP contribution in [0.15, 0.2) is 35.6 Å². The summed E-state index contributed by atoms with van der Waals surface area (Å²) in [7, 11) is 0. The monoisotopic (exact) mass is 215 g/mol. The van der Waals surface area contributed by atoms with Crippen LogP contribution in [0.2, 0.25) is 0 Å². The maximum atomic E-state index is 4.66. The van der Waals surface area contributed by atoms with E-state index >= 15 is 0 Å². The van der Waals surface area contributed by atoms with Crippen LogP contribution in [-0.4, -0.2) is 16.4 Å². The van der Waals surface area contributed by atoms with Gasteiger partial charge in [-0.3, -0.25) is 9.98 Å². The number of nitrogens with one attached hydrogen (secondary N) is 1. The molecule has 0 unspecified atom stereocenters. The molecule has 0 saturated heterocycles. The van der Waals surface area contributed by atoms with Gasteiger partial charge >= 0.3 is 0 Å². The quantitative estimate of drug-likeness (QED) is 0.721. The number of hydrogen-bond acceptors (Lipinski definition) is 2. The number of allylic oxidation sites excluding steroid dienone is 1. The SMILES string of the molecule is CC(C)(C)N=C1NC=CCc2cccnc21. The second-order valence-electron chi connectivity index (χ2n) is 4.89. The molecule has 3 nitrogen and oxygen atoms in total. The van der Waals surface area contributed by atoms with E-state index in [0.717, 1.165) is 18.0 Å². The van der Waals surface area contributed by atoms with Gasteiger partial charge in [0.1, 0.15) is 5.69 Å². The van der Waals surface area contributed by atoms with Gasteiger partial charge in [0.05, 0.1) is 5.54 Å². The van der Waals surface area contributed by atoms with Crippen molar-refractivity contribution >= 4 is 5.84 Å². The van der Waals surface area contributed by atoms with Crippen molar-refractivity contribution in [2.24, 2.45) is 4.99 Å². The van der Waals surface area contributed by atoms with Crippen molar-refractivity contribution in [1.29, 1.82) is 0 Å². The van der Waals surface area contributed by atoms with Gasteiger partial charge < -0.3 is 5.32 Å². The Kier molecular flexibility index (Phi) is 2.77. The highest BCUT2D eigenvalue weighted by Crippen LogP contribution is 2.14. The minimum absolute atomic E-state index is 0.102. The minimum Gasteiger partial charge on any atom is -0.345 e. The first kappa shape index (κ1) is 10.9. The van der Waals surface area contributed by atoms with Crippen molar-refractivity contribution in [2.45, 2.75) is 32.7 Å². The molecular weight excluding hydrogens is 198 g/mol. The second-order valence-corrected chi connectivity index (χ2v) is 4.89.